The van der Waals surface area contributed by atoms with Crippen LogP contribution in [0.25, 0.3) is 0 Å². The summed E-state index contributed by atoms with van der Waals surface area (Å²) in [5.74, 6) is 0.455. The molecule has 0 aliphatic carbocycles. The van der Waals surface area contributed by atoms with Gasteiger partial charge in [0.15, 0.2) is 5.82 Å². The van der Waals surface area contributed by atoms with E-state index in [1.54, 1.807) is 25.4 Å². The standard InChI is InChI=1S/C9H10ClN5O/c1-15-13-8(12-14-15)5-7(16)9-6(10)3-2-4-11-9/h2-4,7,16H,5H2,1H3. The zero-order chi connectivity index (χ0) is 11.5. The molecule has 0 radical (unpaired) electrons. The topological polar surface area (TPSA) is 76.7 Å². The molecule has 0 amide bonds. The minimum absolute atomic E-state index is 0.241. The van der Waals surface area contributed by atoms with Gasteiger partial charge in [-0.15, -0.1) is 10.2 Å². The minimum Gasteiger partial charge on any atom is -0.386 e. The molecule has 0 aliphatic rings. The van der Waals surface area contributed by atoms with Crippen LogP contribution >= 0.6 is 11.6 Å². The van der Waals surface area contributed by atoms with Crippen molar-refractivity contribution in [1.82, 2.24) is 25.2 Å². The first-order chi connectivity index (χ1) is 7.66. The Morgan fingerprint density at radius 1 is 1.56 bits per heavy atom. The Bertz CT molecular complexity index is 486. The number of tetrazole rings is 1. The average Bonchev–Trinajstić information content (AvgIpc) is 2.64. The van der Waals surface area contributed by atoms with E-state index >= 15 is 0 Å². The van der Waals surface area contributed by atoms with Crippen LogP contribution in [0, 0.1) is 0 Å². The molecule has 2 aromatic rings. The zero-order valence-corrected chi connectivity index (χ0v) is 9.33. The third-order valence-corrected chi connectivity index (χ3v) is 2.35. The second-order valence-electron chi connectivity index (χ2n) is 3.29. The highest BCUT2D eigenvalue weighted by Gasteiger charge is 2.15. The molecule has 7 heteroatoms. The van der Waals surface area contributed by atoms with Gasteiger partial charge in [0.05, 0.1) is 17.8 Å². The summed E-state index contributed by atoms with van der Waals surface area (Å²) in [6.45, 7) is 0. The van der Waals surface area contributed by atoms with Gasteiger partial charge in [-0.05, 0) is 17.3 Å². The molecule has 0 aliphatic heterocycles. The number of hydrogen-bond donors (Lipinski definition) is 1. The first kappa shape index (κ1) is 11.0. The molecule has 0 spiro atoms. The summed E-state index contributed by atoms with van der Waals surface area (Å²) in [6, 6.07) is 3.39. The van der Waals surface area contributed by atoms with Gasteiger partial charge in [0.25, 0.3) is 0 Å². The summed E-state index contributed by atoms with van der Waals surface area (Å²) < 4.78 is 0. The van der Waals surface area contributed by atoms with Crippen LogP contribution in [0.2, 0.25) is 5.02 Å². The number of aliphatic hydroxyl groups excluding tert-OH is 1. The molecule has 84 valence electrons. The lowest BCUT2D eigenvalue weighted by Crippen LogP contribution is -2.06. The molecule has 2 rings (SSSR count). The molecule has 1 N–H and O–H groups in total. The molecule has 0 bridgehead atoms. The number of nitrogens with zero attached hydrogens (tertiary/aromatic N) is 5. The maximum atomic E-state index is 9.90. The Labute approximate surface area is 96.9 Å². The van der Waals surface area contributed by atoms with Crippen molar-refractivity contribution in [3.8, 4) is 0 Å². The average molecular weight is 240 g/mol. The smallest absolute Gasteiger partial charge is 0.177 e. The van der Waals surface area contributed by atoms with Gasteiger partial charge in [0.2, 0.25) is 0 Å². The number of halogens is 1. The molecular formula is C9H10ClN5O. The normalized spacial score (nSPS) is 12.7. The predicted molar refractivity (Wildman–Crippen MR) is 56.7 cm³/mol. The van der Waals surface area contributed by atoms with Gasteiger partial charge >= 0.3 is 0 Å². The van der Waals surface area contributed by atoms with Crippen LogP contribution in [-0.4, -0.2) is 30.3 Å². The van der Waals surface area contributed by atoms with Crippen molar-refractivity contribution in [3.63, 3.8) is 0 Å². The predicted octanol–water partition coefficient (Wildman–Crippen LogP) is 0.535. The summed E-state index contributed by atoms with van der Waals surface area (Å²) in [5, 5.41) is 21.8. The van der Waals surface area contributed by atoms with Crippen LogP contribution < -0.4 is 0 Å². The van der Waals surface area contributed by atoms with Crippen LogP contribution in [0.1, 0.15) is 17.6 Å². The number of aliphatic hydroxyl groups is 1. The second-order valence-corrected chi connectivity index (χ2v) is 3.69. The van der Waals surface area contributed by atoms with Gasteiger partial charge in [0.1, 0.15) is 6.10 Å². The van der Waals surface area contributed by atoms with Gasteiger partial charge in [-0.2, -0.15) is 4.80 Å². The zero-order valence-electron chi connectivity index (χ0n) is 8.58. The van der Waals surface area contributed by atoms with E-state index < -0.39 is 6.10 Å². The third kappa shape index (κ3) is 2.34. The first-order valence-electron chi connectivity index (χ1n) is 4.68. The van der Waals surface area contributed by atoms with E-state index in [0.717, 1.165) is 0 Å². The highest BCUT2D eigenvalue weighted by molar-refractivity contribution is 6.31. The quantitative estimate of drug-likeness (QED) is 0.846. The molecule has 1 unspecified atom stereocenters. The number of hydrogen-bond acceptors (Lipinski definition) is 5. The van der Waals surface area contributed by atoms with Gasteiger partial charge in [0, 0.05) is 12.6 Å². The largest absolute Gasteiger partial charge is 0.386 e. The van der Waals surface area contributed by atoms with Crippen molar-refractivity contribution in [2.45, 2.75) is 12.5 Å². The highest BCUT2D eigenvalue weighted by Crippen LogP contribution is 2.21. The Morgan fingerprint density at radius 2 is 2.38 bits per heavy atom. The maximum absolute atomic E-state index is 9.90. The Hall–Kier alpha value is -1.53. The number of aromatic nitrogens is 5. The summed E-state index contributed by atoms with van der Waals surface area (Å²) >= 11 is 5.91. The lowest BCUT2D eigenvalue weighted by Gasteiger charge is -2.08. The van der Waals surface area contributed by atoms with Crippen molar-refractivity contribution >= 4 is 11.6 Å². The van der Waals surface area contributed by atoms with E-state index in [9.17, 15) is 5.11 Å². The number of pyridine rings is 1. The molecule has 0 aromatic carbocycles. The molecule has 0 saturated heterocycles. The van der Waals surface area contributed by atoms with Gasteiger partial charge in [-0.1, -0.05) is 11.6 Å². The van der Waals surface area contributed by atoms with Gasteiger partial charge in [-0.25, -0.2) is 0 Å². The molecular weight excluding hydrogens is 230 g/mol. The SMILES string of the molecule is Cn1nnc(CC(O)c2ncccc2Cl)n1. The molecule has 2 heterocycles. The fourth-order valence-electron chi connectivity index (χ4n) is 1.32. The minimum atomic E-state index is -0.821. The summed E-state index contributed by atoms with van der Waals surface area (Å²) in [5.41, 5.74) is 0.427. The highest BCUT2D eigenvalue weighted by atomic mass is 35.5. The lowest BCUT2D eigenvalue weighted by atomic mass is 10.1. The summed E-state index contributed by atoms with van der Waals surface area (Å²) in [7, 11) is 1.66. The van der Waals surface area contributed by atoms with Crippen LogP contribution in [0.15, 0.2) is 18.3 Å². The van der Waals surface area contributed by atoms with Crippen LogP contribution in [0.5, 0.6) is 0 Å². The number of aryl methyl sites for hydroxylation is 1. The van der Waals surface area contributed by atoms with Crippen LogP contribution in [-0.2, 0) is 13.5 Å². The van der Waals surface area contributed by atoms with E-state index in [1.807, 2.05) is 0 Å². The van der Waals surface area contributed by atoms with E-state index in [-0.39, 0.29) is 6.42 Å². The first-order valence-corrected chi connectivity index (χ1v) is 5.06. The summed E-state index contributed by atoms with van der Waals surface area (Å²) in [6.07, 6.45) is 0.997. The maximum Gasteiger partial charge on any atom is 0.177 e. The van der Waals surface area contributed by atoms with Gasteiger partial charge < -0.3 is 5.11 Å². The van der Waals surface area contributed by atoms with Crippen molar-refractivity contribution in [1.29, 1.82) is 0 Å². The fraction of sp³-hybridized carbons (Fsp3) is 0.333. The molecule has 6 nitrogen and oxygen atoms in total. The Kier molecular flexibility index (Phi) is 3.12. The van der Waals surface area contributed by atoms with Crippen molar-refractivity contribution in [2.24, 2.45) is 7.05 Å². The number of rotatable bonds is 3. The van der Waals surface area contributed by atoms with E-state index in [0.29, 0.717) is 16.5 Å². The summed E-state index contributed by atoms with van der Waals surface area (Å²) in [4.78, 5) is 5.35. The van der Waals surface area contributed by atoms with Gasteiger partial charge in [-0.3, -0.25) is 4.98 Å². The Balaban J connectivity index is 2.14. The second kappa shape index (κ2) is 4.54. The van der Waals surface area contributed by atoms with Crippen molar-refractivity contribution < 1.29 is 5.11 Å². The monoisotopic (exact) mass is 239 g/mol. The Morgan fingerprint density at radius 3 is 3.00 bits per heavy atom. The van der Waals surface area contributed by atoms with Crippen LogP contribution in [0.3, 0.4) is 0 Å². The molecule has 2 aromatic heterocycles. The molecule has 16 heavy (non-hydrogen) atoms. The van der Waals surface area contributed by atoms with Crippen molar-refractivity contribution in [3.05, 3.63) is 34.9 Å². The third-order valence-electron chi connectivity index (χ3n) is 2.03. The van der Waals surface area contributed by atoms with E-state index in [2.05, 4.69) is 20.4 Å². The molecule has 1 atom stereocenters. The fourth-order valence-corrected chi connectivity index (χ4v) is 1.57. The van der Waals surface area contributed by atoms with E-state index in [1.165, 1.54) is 4.80 Å². The molecule has 0 saturated carbocycles. The van der Waals surface area contributed by atoms with Crippen LogP contribution in [0.4, 0.5) is 0 Å². The van der Waals surface area contributed by atoms with Crippen molar-refractivity contribution in [2.75, 3.05) is 0 Å². The van der Waals surface area contributed by atoms with E-state index in [4.69, 9.17) is 11.6 Å². The lowest BCUT2D eigenvalue weighted by molar-refractivity contribution is 0.171. The molecule has 0 fully saturated rings.